The van der Waals surface area contributed by atoms with Crippen LogP contribution in [0.3, 0.4) is 0 Å². The maximum atomic E-state index is 5.57. The Hall–Kier alpha value is -1.62. The maximum Gasteiger partial charge on any atom is 0.199 e. The summed E-state index contributed by atoms with van der Waals surface area (Å²) in [6, 6.07) is 7.97. The van der Waals surface area contributed by atoms with Gasteiger partial charge in [-0.05, 0) is 6.07 Å². The number of nitrogen functional groups attached to an aromatic ring is 1. The van der Waals surface area contributed by atoms with E-state index in [2.05, 4.69) is 9.36 Å². The summed E-state index contributed by atoms with van der Waals surface area (Å²) in [6.07, 6.45) is 0. The van der Waals surface area contributed by atoms with Gasteiger partial charge in [-0.25, -0.2) is 4.98 Å². The van der Waals surface area contributed by atoms with Crippen molar-refractivity contribution in [2.24, 2.45) is 0 Å². The average molecular weight is 219 g/mol. The molecule has 0 radical (unpaired) electrons. The van der Waals surface area contributed by atoms with E-state index in [4.69, 9.17) is 10.5 Å². The van der Waals surface area contributed by atoms with Crippen LogP contribution >= 0.6 is 11.5 Å². The summed E-state index contributed by atoms with van der Waals surface area (Å²) in [7, 11) is 0. The van der Waals surface area contributed by atoms with Crippen LogP contribution in [0.2, 0.25) is 0 Å². The first-order chi connectivity index (χ1) is 7.34. The van der Waals surface area contributed by atoms with Crippen molar-refractivity contribution in [1.29, 1.82) is 0 Å². The molecule has 0 saturated carbocycles. The van der Waals surface area contributed by atoms with Crippen LogP contribution in [0, 0.1) is 0 Å². The summed E-state index contributed by atoms with van der Waals surface area (Å²) in [6.45, 7) is 0.607. The number of anilines is 1. The molecule has 2 N–H and O–H groups in total. The monoisotopic (exact) mass is 219 g/mol. The highest BCUT2D eigenvalue weighted by atomic mass is 32.1. The Morgan fingerprint density at radius 2 is 2.27 bits per heavy atom. The van der Waals surface area contributed by atoms with E-state index < -0.39 is 0 Å². The lowest BCUT2D eigenvalue weighted by atomic mass is 10.0. The molecule has 0 aliphatic carbocycles. The number of benzene rings is 1. The molecule has 0 spiro atoms. The molecular weight excluding hydrogens is 210 g/mol. The quantitative estimate of drug-likeness (QED) is 0.792. The van der Waals surface area contributed by atoms with Gasteiger partial charge in [-0.2, -0.15) is 4.37 Å². The fourth-order valence-electron chi connectivity index (χ4n) is 1.77. The molecule has 1 aromatic heterocycles. The largest absolute Gasteiger partial charge is 0.492 e. The third-order valence-electron chi connectivity index (χ3n) is 2.47. The normalized spacial score (nSPS) is 18.5. The zero-order chi connectivity index (χ0) is 10.3. The van der Waals surface area contributed by atoms with Gasteiger partial charge in [-0.3, -0.25) is 0 Å². The summed E-state index contributed by atoms with van der Waals surface area (Å²) in [5.74, 6) is 1.83. The second-order valence-electron chi connectivity index (χ2n) is 3.39. The summed E-state index contributed by atoms with van der Waals surface area (Å²) >= 11 is 1.23. The van der Waals surface area contributed by atoms with Crippen LogP contribution < -0.4 is 10.5 Å². The molecule has 2 heterocycles. The van der Waals surface area contributed by atoms with Crippen molar-refractivity contribution < 1.29 is 4.74 Å². The number of fused-ring (bicyclic) bond motifs is 1. The van der Waals surface area contributed by atoms with Gasteiger partial charge in [0, 0.05) is 17.1 Å². The number of nitrogens with two attached hydrogens (primary N) is 1. The first-order valence-corrected chi connectivity index (χ1v) is 5.43. The van der Waals surface area contributed by atoms with Gasteiger partial charge in [0.15, 0.2) is 11.0 Å². The highest BCUT2D eigenvalue weighted by molar-refractivity contribution is 7.09. The van der Waals surface area contributed by atoms with E-state index in [1.54, 1.807) is 0 Å². The Morgan fingerprint density at radius 3 is 3.07 bits per heavy atom. The molecule has 1 atom stereocenters. The predicted molar refractivity (Wildman–Crippen MR) is 58.1 cm³/mol. The Bertz CT molecular complexity index is 497. The standard InChI is InChI=1S/C10H9N3OS/c11-10-12-9(13-15-10)7-5-14-8-4-2-1-3-6(7)8/h1-4,7H,5H2,(H2,11,12,13). The Kier molecular flexibility index (Phi) is 1.85. The minimum Gasteiger partial charge on any atom is -0.492 e. The van der Waals surface area contributed by atoms with Crippen molar-refractivity contribution in [2.75, 3.05) is 12.3 Å². The Balaban J connectivity index is 2.04. The zero-order valence-corrected chi connectivity index (χ0v) is 8.70. The molecule has 5 heteroatoms. The number of hydrogen-bond acceptors (Lipinski definition) is 5. The smallest absolute Gasteiger partial charge is 0.199 e. The van der Waals surface area contributed by atoms with E-state index in [9.17, 15) is 0 Å². The molecule has 0 saturated heterocycles. The van der Waals surface area contributed by atoms with Gasteiger partial charge in [0.1, 0.15) is 12.4 Å². The van der Waals surface area contributed by atoms with Gasteiger partial charge in [0.2, 0.25) is 0 Å². The van der Waals surface area contributed by atoms with Crippen LogP contribution in [0.25, 0.3) is 0 Å². The van der Waals surface area contributed by atoms with Gasteiger partial charge in [0.25, 0.3) is 0 Å². The summed E-state index contributed by atoms with van der Waals surface area (Å²) in [5.41, 5.74) is 6.72. The molecule has 0 amide bonds. The van der Waals surface area contributed by atoms with Crippen LogP contribution in [0.5, 0.6) is 5.75 Å². The van der Waals surface area contributed by atoms with Gasteiger partial charge < -0.3 is 10.5 Å². The highest BCUT2D eigenvalue weighted by Gasteiger charge is 2.28. The van der Waals surface area contributed by atoms with Gasteiger partial charge >= 0.3 is 0 Å². The topological polar surface area (TPSA) is 61.0 Å². The van der Waals surface area contributed by atoms with Crippen molar-refractivity contribution in [1.82, 2.24) is 9.36 Å². The Morgan fingerprint density at radius 1 is 1.40 bits per heavy atom. The van der Waals surface area contributed by atoms with E-state index in [-0.39, 0.29) is 5.92 Å². The first kappa shape index (κ1) is 8.67. The molecule has 3 rings (SSSR count). The summed E-state index contributed by atoms with van der Waals surface area (Å²) < 4.78 is 9.78. The van der Waals surface area contributed by atoms with Crippen molar-refractivity contribution >= 4 is 16.7 Å². The second kappa shape index (κ2) is 3.20. The van der Waals surface area contributed by atoms with Crippen LogP contribution in [0.15, 0.2) is 24.3 Å². The highest BCUT2D eigenvalue weighted by Crippen LogP contribution is 2.36. The lowest BCUT2D eigenvalue weighted by molar-refractivity contribution is 0.340. The van der Waals surface area contributed by atoms with Gasteiger partial charge in [-0.15, -0.1) is 0 Å². The van der Waals surface area contributed by atoms with Crippen molar-refractivity contribution in [3.05, 3.63) is 35.7 Å². The van der Waals surface area contributed by atoms with E-state index in [0.717, 1.165) is 17.1 Å². The number of nitrogens with zero attached hydrogens (tertiary/aromatic N) is 2. The first-order valence-electron chi connectivity index (χ1n) is 4.65. The third-order valence-corrected chi connectivity index (χ3v) is 3.03. The summed E-state index contributed by atoms with van der Waals surface area (Å²) in [5, 5.41) is 0.509. The molecule has 4 nitrogen and oxygen atoms in total. The Labute approximate surface area is 90.9 Å². The molecule has 0 fully saturated rings. The molecule has 1 aliphatic rings. The third kappa shape index (κ3) is 1.35. The minimum atomic E-state index is 0.134. The molecule has 15 heavy (non-hydrogen) atoms. The van der Waals surface area contributed by atoms with Crippen molar-refractivity contribution in [2.45, 2.75) is 5.92 Å². The number of aromatic nitrogens is 2. The average Bonchev–Trinajstić information content (AvgIpc) is 2.83. The number of hydrogen-bond donors (Lipinski definition) is 1. The van der Waals surface area contributed by atoms with Crippen LogP contribution in [-0.4, -0.2) is 16.0 Å². The molecule has 0 bridgehead atoms. The number of ether oxygens (including phenoxy) is 1. The zero-order valence-electron chi connectivity index (χ0n) is 7.88. The lowest BCUT2D eigenvalue weighted by Crippen LogP contribution is -2.04. The summed E-state index contributed by atoms with van der Waals surface area (Å²) in [4.78, 5) is 4.20. The molecule has 1 aliphatic heterocycles. The van der Waals surface area contributed by atoms with Crippen LogP contribution in [0.1, 0.15) is 17.3 Å². The number of para-hydroxylation sites is 1. The van der Waals surface area contributed by atoms with E-state index in [1.807, 2.05) is 24.3 Å². The molecule has 1 aromatic carbocycles. The SMILES string of the molecule is Nc1nc(C2COc3ccccc32)ns1. The van der Waals surface area contributed by atoms with E-state index >= 15 is 0 Å². The second-order valence-corrected chi connectivity index (χ2v) is 4.18. The van der Waals surface area contributed by atoms with E-state index in [1.165, 1.54) is 11.5 Å². The molecule has 76 valence electrons. The van der Waals surface area contributed by atoms with Crippen LogP contribution in [-0.2, 0) is 0 Å². The fourth-order valence-corrected chi connectivity index (χ4v) is 2.25. The maximum absolute atomic E-state index is 5.57. The minimum absolute atomic E-state index is 0.134. The van der Waals surface area contributed by atoms with Gasteiger partial charge in [-0.1, -0.05) is 18.2 Å². The molecule has 1 unspecified atom stereocenters. The molecular formula is C10H9N3OS. The van der Waals surface area contributed by atoms with Gasteiger partial charge in [0.05, 0.1) is 5.92 Å². The lowest BCUT2D eigenvalue weighted by Gasteiger charge is -2.02. The van der Waals surface area contributed by atoms with Crippen molar-refractivity contribution in [3.8, 4) is 5.75 Å². The number of rotatable bonds is 1. The predicted octanol–water partition coefficient (Wildman–Crippen LogP) is 1.64. The van der Waals surface area contributed by atoms with Crippen molar-refractivity contribution in [3.63, 3.8) is 0 Å². The van der Waals surface area contributed by atoms with E-state index in [0.29, 0.717) is 11.7 Å². The van der Waals surface area contributed by atoms with Crippen LogP contribution in [0.4, 0.5) is 5.13 Å². The molecule has 2 aromatic rings. The fraction of sp³-hybridized carbons (Fsp3) is 0.200.